The van der Waals surface area contributed by atoms with Crippen LogP contribution in [-0.4, -0.2) is 40.3 Å². The van der Waals surface area contributed by atoms with Gasteiger partial charge in [-0.15, -0.1) is 0 Å². The van der Waals surface area contributed by atoms with E-state index in [-0.39, 0.29) is 12.4 Å². The van der Waals surface area contributed by atoms with Gasteiger partial charge in [0.1, 0.15) is 11.4 Å². The summed E-state index contributed by atoms with van der Waals surface area (Å²) >= 11 is 5.99. The Morgan fingerprint density at radius 1 is 1.26 bits per heavy atom. The summed E-state index contributed by atoms with van der Waals surface area (Å²) in [7, 11) is 0. The summed E-state index contributed by atoms with van der Waals surface area (Å²) in [4.78, 5) is 26.8. The van der Waals surface area contributed by atoms with Crippen molar-refractivity contribution in [2.75, 3.05) is 6.61 Å². The number of rotatable bonds is 4. The number of likely N-dealkylation sites (tertiary alicyclic amines) is 1. The van der Waals surface area contributed by atoms with Crippen LogP contribution in [0.2, 0.25) is 5.02 Å². The minimum absolute atomic E-state index is 0.326. The van der Waals surface area contributed by atoms with Crippen LogP contribution in [0, 0.1) is 11.2 Å². The summed E-state index contributed by atoms with van der Waals surface area (Å²) in [5, 5.41) is 10.2. The van der Waals surface area contributed by atoms with Gasteiger partial charge in [0.15, 0.2) is 0 Å². The van der Waals surface area contributed by atoms with Crippen molar-refractivity contribution in [1.29, 1.82) is 0 Å². The van der Waals surface area contributed by atoms with E-state index in [2.05, 4.69) is 0 Å². The second kappa shape index (κ2) is 8.60. The molecule has 31 heavy (non-hydrogen) atoms. The first-order valence-corrected chi connectivity index (χ1v) is 10.5. The van der Waals surface area contributed by atoms with Gasteiger partial charge in [-0.3, -0.25) is 4.79 Å². The van der Waals surface area contributed by atoms with E-state index in [0.29, 0.717) is 29.0 Å². The number of carbonyl (C=O) groups excluding carboxylic acids is 2. The van der Waals surface area contributed by atoms with Gasteiger partial charge in [-0.1, -0.05) is 35.9 Å². The molecule has 166 valence electrons. The molecule has 1 N–H and O–H groups in total. The maximum Gasteiger partial charge on any atom is 0.417 e. The SMILES string of the molecule is CC(C)(C)OC(=O)N1C(=O)[C@](C)(CO)C[C@H]1Cc1ccc(-c2cc(Cl)ccc2F)cc1. The van der Waals surface area contributed by atoms with Gasteiger partial charge < -0.3 is 9.84 Å². The molecular formula is C24H27ClFNO4. The van der Waals surface area contributed by atoms with Crippen LogP contribution in [0.4, 0.5) is 9.18 Å². The lowest BCUT2D eigenvalue weighted by molar-refractivity contribution is -0.136. The van der Waals surface area contributed by atoms with Gasteiger partial charge >= 0.3 is 6.09 Å². The predicted molar refractivity (Wildman–Crippen MR) is 117 cm³/mol. The van der Waals surface area contributed by atoms with Crippen LogP contribution in [0.3, 0.4) is 0 Å². The van der Waals surface area contributed by atoms with E-state index in [4.69, 9.17) is 16.3 Å². The third kappa shape index (κ3) is 5.08. The van der Waals surface area contributed by atoms with Gasteiger partial charge in [0, 0.05) is 16.6 Å². The van der Waals surface area contributed by atoms with Gasteiger partial charge in [-0.05, 0) is 69.9 Å². The number of hydrogen-bond acceptors (Lipinski definition) is 4. The average molecular weight is 448 g/mol. The van der Waals surface area contributed by atoms with Crippen LogP contribution in [0.25, 0.3) is 11.1 Å². The van der Waals surface area contributed by atoms with Crippen LogP contribution in [0.1, 0.15) is 39.7 Å². The second-order valence-corrected chi connectivity index (χ2v) is 9.69. The van der Waals surface area contributed by atoms with E-state index < -0.39 is 29.1 Å². The van der Waals surface area contributed by atoms with Crippen molar-refractivity contribution >= 4 is 23.6 Å². The number of benzene rings is 2. The molecule has 1 saturated heterocycles. The molecule has 0 aliphatic carbocycles. The third-order valence-electron chi connectivity index (χ3n) is 5.39. The number of aliphatic hydroxyl groups excluding tert-OH is 1. The van der Waals surface area contributed by atoms with Crippen molar-refractivity contribution in [3.63, 3.8) is 0 Å². The quantitative estimate of drug-likeness (QED) is 0.697. The van der Waals surface area contributed by atoms with Crippen LogP contribution in [0.5, 0.6) is 0 Å². The Morgan fingerprint density at radius 2 is 1.90 bits per heavy atom. The zero-order valence-corrected chi connectivity index (χ0v) is 18.9. The smallest absolute Gasteiger partial charge is 0.417 e. The van der Waals surface area contributed by atoms with E-state index in [1.165, 1.54) is 12.1 Å². The van der Waals surface area contributed by atoms with Gasteiger partial charge in [0.2, 0.25) is 5.91 Å². The van der Waals surface area contributed by atoms with Crippen molar-refractivity contribution in [2.24, 2.45) is 5.41 Å². The molecule has 0 saturated carbocycles. The van der Waals surface area contributed by atoms with Crippen LogP contribution in [0.15, 0.2) is 42.5 Å². The molecule has 0 aromatic heterocycles. The Bertz CT molecular complexity index is 986. The average Bonchev–Trinajstić information content (AvgIpc) is 2.93. The third-order valence-corrected chi connectivity index (χ3v) is 5.63. The van der Waals surface area contributed by atoms with Gasteiger partial charge in [0.05, 0.1) is 12.0 Å². The highest BCUT2D eigenvalue weighted by atomic mass is 35.5. The molecule has 2 amide bonds. The summed E-state index contributed by atoms with van der Waals surface area (Å²) in [6, 6.07) is 11.2. The highest BCUT2D eigenvalue weighted by Gasteiger charge is 2.51. The molecule has 0 unspecified atom stereocenters. The van der Waals surface area contributed by atoms with E-state index in [1.807, 2.05) is 12.1 Å². The van der Waals surface area contributed by atoms with E-state index in [1.54, 1.807) is 45.9 Å². The number of nitrogens with zero attached hydrogens (tertiary/aromatic N) is 1. The normalized spacial score (nSPS) is 21.5. The first-order valence-electron chi connectivity index (χ1n) is 10.2. The molecule has 2 aromatic carbocycles. The molecule has 3 rings (SSSR count). The lowest BCUT2D eigenvalue weighted by Crippen LogP contribution is -2.45. The molecule has 1 aliphatic heterocycles. The molecule has 1 heterocycles. The van der Waals surface area contributed by atoms with Crippen molar-refractivity contribution in [3.05, 3.63) is 58.9 Å². The number of carbonyl (C=O) groups is 2. The summed E-state index contributed by atoms with van der Waals surface area (Å²) in [5.74, 6) is -0.805. The summed E-state index contributed by atoms with van der Waals surface area (Å²) in [6.45, 7) is 6.50. The first kappa shape index (κ1) is 23.2. The van der Waals surface area contributed by atoms with Gasteiger partial charge in [-0.2, -0.15) is 0 Å². The number of aliphatic hydroxyl groups is 1. The molecule has 1 aliphatic rings. The van der Waals surface area contributed by atoms with Crippen LogP contribution < -0.4 is 0 Å². The lowest BCUT2D eigenvalue weighted by atomic mass is 9.87. The van der Waals surface area contributed by atoms with Crippen molar-refractivity contribution < 1.29 is 23.8 Å². The zero-order valence-electron chi connectivity index (χ0n) is 18.1. The first-order chi connectivity index (χ1) is 14.4. The number of ether oxygens (including phenoxy) is 1. The maximum atomic E-state index is 14.1. The highest BCUT2D eigenvalue weighted by Crippen LogP contribution is 2.38. The largest absolute Gasteiger partial charge is 0.443 e. The Morgan fingerprint density at radius 3 is 2.48 bits per heavy atom. The van der Waals surface area contributed by atoms with Crippen LogP contribution >= 0.6 is 11.6 Å². The fraction of sp³-hybridized carbons (Fsp3) is 0.417. The topological polar surface area (TPSA) is 66.8 Å². The fourth-order valence-electron chi connectivity index (χ4n) is 3.81. The van der Waals surface area contributed by atoms with Crippen molar-refractivity contribution in [2.45, 2.75) is 52.2 Å². The van der Waals surface area contributed by atoms with Crippen molar-refractivity contribution in [1.82, 2.24) is 4.90 Å². The molecule has 7 heteroatoms. The second-order valence-electron chi connectivity index (χ2n) is 9.26. The number of amides is 2. The fourth-order valence-corrected chi connectivity index (χ4v) is 3.98. The maximum absolute atomic E-state index is 14.1. The molecule has 0 spiro atoms. The molecule has 5 nitrogen and oxygen atoms in total. The zero-order chi connectivity index (χ0) is 23.0. The Balaban J connectivity index is 1.84. The van der Waals surface area contributed by atoms with Crippen molar-refractivity contribution in [3.8, 4) is 11.1 Å². The Kier molecular flexibility index (Phi) is 6.44. The monoisotopic (exact) mass is 447 g/mol. The van der Waals surface area contributed by atoms with E-state index in [0.717, 1.165) is 10.5 Å². The Hall–Kier alpha value is -2.44. The molecule has 1 fully saturated rings. The minimum Gasteiger partial charge on any atom is -0.443 e. The molecule has 0 bridgehead atoms. The summed E-state index contributed by atoms with van der Waals surface area (Å²) in [5.41, 5.74) is 0.169. The minimum atomic E-state index is -1.04. The van der Waals surface area contributed by atoms with Gasteiger partial charge in [-0.25, -0.2) is 14.1 Å². The number of imide groups is 1. The molecule has 0 radical (unpaired) electrons. The van der Waals surface area contributed by atoms with E-state index in [9.17, 15) is 19.1 Å². The highest BCUT2D eigenvalue weighted by molar-refractivity contribution is 6.30. The summed E-state index contributed by atoms with van der Waals surface area (Å²) < 4.78 is 19.6. The number of hydrogen-bond donors (Lipinski definition) is 1. The lowest BCUT2D eigenvalue weighted by Gasteiger charge is -2.27. The molecule has 2 atom stereocenters. The van der Waals surface area contributed by atoms with Gasteiger partial charge in [0.25, 0.3) is 0 Å². The molecule has 2 aromatic rings. The van der Waals surface area contributed by atoms with Crippen LogP contribution in [-0.2, 0) is 16.0 Å². The summed E-state index contributed by atoms with van der Waals surface area (Å²) in [6.07, 6.45) is 0.0165. The standard InChI is InChI=1S/C24H27ClFNO4/c1-23(2,3)31-22(30)27-18(13-24(4,14-28)21(27)29)11-15-5-7-16(8-6-15)19-12-17(25)9-10-20(19)26/h5-10,12,18,28H,11,13-14H2,1-4H3/t18-,24+/m1/s1. The number of halogens is 2. The predicted octanol–water partition coefficient (Wildman–Crippen LogP) is 5.22. The van der Waals surface area contributed by atoms with E-state index >= 15 is 0 Å². The molecular weight excluding hydrogens is 421 g/mol. The Labute approximate surface area is 186 Å².